The lowest BCUT2D eigenvalue weighted by molar-refractivity contribution is -0.141. The first-order chi connectivity index (χ1) is 16.2. The fourth-order valence-corrected chi connectivity index (χ4v) is 6.10. The van der Waals surface area contributed by atoms with E-state index in [2.05, 4.69) is 6.92 Å². The predicted octanol–water partition coefficient (Wildman–Crippen LogP) is 9.12. The predicted molar refractivity (Wildman–Crippen MR) is 128 cm³/mol. The molecular formula is C28H42F4O2. The van der Waals surface area contributed by atoms with E-state index in [0.29, 0.717) is 0 Å². The van der Waals surface area contributed by atoms with Crippen molar-refractivity contribution in [1.82, 2.24) is 0 Å². The molecule has 2 fully saturated rings. The zero-order valence-electron chi connectivity index (χ0n) is 21.1. The van der Waals surface area contributed by atoms with Gasteiger partial charge in [-0.05, 0) is 87.7 Å². The highest BCUT2D eigenvalue weighted by Gasteiger charge is 2.41. The van der Waals surface area contributed by atoms with E-state index in [1.54, 1.807) is 6.92 Å². The number of hydrogen-bond donors (Lipinski definition) is 0. The van der Waals surface area contributed by atoms with E-state index in [-0.39, 0.29) is 30.4 Å². The summed E-state index contributed by atoms with van der Waals surface area (Å²) in [4.78, 5) is 0. The van der Waals surface area contributed by atoms with Crippen LogP contribution < -0.4 is 9.47 Å². The van der Waals surface area contributed by atoms with Crippen LogP contribution in [0.4, 0.5) is 17.6 Å². The Morgan fingerprint density at radius 3 is 1.97 bits per heavy atom. The van der Waals surface area contributed by atoms with E-state index in [9.17, 15) is 17.6 Å². The highest BCUT2D eigenvalue weighted by molar-refractivity contribution is 5.49. The highest BCUT2D eigenvalue weighted by atomic mass is 19.4. The second-order valence-electron chi connectivity index (χ2n) is 10.5. The van der Waals surface area contributed by atoms with Crippen molar-refractivity contribution < 1.29 is 27.0 Å². The van der Waals surface area contributed by atoms with Gasteiger partial charge in [0.05, 0.1) is 13.2 Å². The van der Waals surface area contributed by atoms with Crippen molar-refractivity contribution in [3.63, 3.8) is 0 Å². The Morgan fingerprint density at radius 2 is 1.44 bits per heavy atom. The summed E-state index contributed by atoms with van der Waals surface area (Å²) in [5.41, 5.74) is -1.10. The lowest BCUT2D eigenvalue weighted by Gasteiger charge is -2.38. The van der Waals surface area contributed by atoms with E-state index in [1.165, 1.54) is 64.4 Å². The van der Waals surface area contributed by atoms with E-state index >= 15 is 0 Å². The van der Waals surface area contributed by atoms with Crippen molar-refractivity contribution in [2.75, 3.05) is 13.2 Å². The maximum atomic E-state index is 14.6. The molecule has 2 aliphatic carbocycles. The van der Waals surface area contributed by atoms with Gasteiger partial charge in [-0.1, -0.05) is 45.4 Å². The number of ether oxygens (including phenoxy) is 2. The quantitative estimate of drug-likeness (QED) is 0.242. The van der Waals surface area contributed by atoms with Gasteiger partial charge in [-0.25, -0.2) is 4.39 Å². The van der Waals surface area contributed by atoms with Crippen molar-refractivity contribution in [2.24, 2.45) is 23.7 Å². The summed E-state index contributed by atoms with van der Waals surface area (Å²) in [6.45, 7) is 5.68. The lowest BCUT2D eigenvalue weighted by atomic mass is 9.69. The number of benzene rings is 1. The van der Waals surface area contributed by atoms with Crippen molar-refractivity contribution in [3.8, 4) is 11.5 Å². The van der Waals surface area contributed by atoms with Crippen LogP contribution in [-0.4, -0.2) is 13.2 Å². The van der Waals surface area contributed by atoms with Crippen LogP contribution in [0.25, 0.3) is 0 Å². The molecule has 2 saturated carbocycles. The Bertz CT molecular complexity index is 761. The molecule has 0 unspecified atom stereocenters. The average Bonchev–Trinajstić information content (AvgIpc) is 2.80. The fraction of sp³-hybridized carbons (Fsp3) is 0.786. The molecule has 6 heteroatoms. The minimum atomic E-state index is -4.84. The smallest absolute Gasteiger partial charge is 0.422 e. The molecule has 1 aromatic carbocycles. The van der Waals surface area contributed by atoms with Gasteiger partial charge in [-0.3, -0.25) is 0 Å². The maximum Gasteiger partial charge on any atom is 0.422 e. The van der Waals surface area contributed by atoms with Crippen LogP contribution in [0, 0.1) is 36.4 Å². The summed E-state index contributed by atoms with van der Waals surface area (Å²) < 4.78 is 66.4. The SMILES string of the molecule is CCCCCC1CCC(C2CCC(COc3c(C)cc(OCC)c(F)c3C(F)(F)F)CC2)CC1. The summed E-state index contributed by atoms with van der Waals surface area (Å²) in [5.74, 6) is 0.526. The Morgan fingerprint density at radius 1 is 0.853 bits per heavy atom. The van der Waals surface area contributed by atoms with Gasteiger partial charge in [-0.2, -0.15) is 13.2 Å². The summed E-state index contributed by atoms with van der Waals surface area (Å²) in [5, 5.41) is 0. The minimum Gasteiger partial charge on any atom is -0.492 e. The van der Waals surface area contributed by atoms with E-state index in [4.69, 9.17) is 9.47 Å². The van der Waals surface area contributed by atoms with Crippen molar-refractivity contribution >= 4 is 0 Å². The number of hydrogen-bond acceptors (Lipinski definition) is 2. The number of unbranched alkanes of at least 4 members (excludes halogenated alkanes) is 2. The van der Waals surface area contributed by atoms with Gasteiger partial charge in [0.2, 0.25) is 0 Å². The molecule has 0 heterocycles. The van der Waals surface area contributed by atoms with Crippen LogP contribution in [0.2, 0.25) is 0 Å². The van der Waals surface area contributed by atoms with Crippen molar-refractivity contribution in [3.05, 3.63) is 23.0 Å². The lowest BCUT2D eigenvalue weighted by Crippen LogP contribution is -2.28. The van der Waals surface area contributed by atoms with E-state index < -0.39 is 23.3 Å². The zero-order valence-corrected chi connectivity index (χ0v) is 21.1. The largest absolute Gasteiger partial charge is 0.492 e. The molecule has 0 aliphatic heterocycles. The van der Waals surface area contributed by atoms with Gasteiger partial charge >= 0.3 is 6.18 Å². The third kappa shape index (κ3) is 7.04. The van der Waals surface area contributed by atoms with E-state index in [1.807, 2.05) is 0 Å². The number of alkyl halides is 3. The van der Waals surface area contributed by atoms with Gasteiger partial charge in [0.25, 0.3) is 0 Å². The molecular weight excluding hydrogens is 444 g/mol. The topological polar surface area (TPSA) is 18.5 Å². The first-order valence-electron chi connectivity index (χ1n) is 13.4. The number of aryl methyl sites for hydroxylation is 1. The van der Waals surface area contributed by atoms with Gasteiger partial charge < -0.3 is 9.47 Å². The first-order valence-corrected chi connectivity index (χ1v) is 13.4. The van der Waals surface area contributed by atoms with Gasteiger partial charge in [0.15, 0.2) is 11.6 Å². The van der Waals surface area contributed by atoms with Crippen molar-refractivity contribution in [2.45, 2.75) is 104 Å². The molecule has 0 aromatic heterocycles. The molecule has 0 amide bonds. The molecule has 0 atom stereocenters. The van der Waals surface area contributed by atoms with E-state index in [0.717, 1.165) is 43.4 Å². The summed E-state index contributed by atoms with van der Waals surface area (Å²) in [6, 6.07) is 1.30. The molecule has 0 spiro atoms. The van der Waals surface area contributed by atoms with Crippen molar-refractivity contribution in [1.29, 1.82) is 0 Å². The molecule has 0 saturated heterocycles. The molecule has 3 rings (SSSR count). The molecule has 0 bridgehead atoms. The van der Waals surface area contributed by atoms with Gasteiger partial charge in [0, 0.05) is 0 Å². The second kappa shape index (κ2) is 12.5. The monoisotopic (exact) mass is 486 g/mol. The molecule has 2 nitrogen and oxygen atoms in total. The summed E-state index contributed by atoms with van der Waals surface area (Å²) in [6.07, 6.45) is 10.1. The third-order valence-corrected chi connectivity index (χ3v) is 8.08. The van der Waals surface area contributed by atoms with Crippen LogP contribution >= 0.6 is 0 Å². The Kier molecular flexibility index (Phi) is 9.96. The molecule has 194 valence electrons. The summed E-state index contributed by atoms with van der Waals surface area (Å²) in [7, 11) is 0. The van der Waals surface area contributed by atoms with Crippen LogP contribution in [0.5, 0.6) is 11.5 Å². The van der Waals surface area contributed by atoms with Crippen LogP contribution in [0.3, 0.4) is 0 Å². The highest BCUT2D eigenvalue weighted by Crippen LogP contribution is 2.45. The molecule has 2 aliphatic rings. The standard InChI is InChI=1S/C28H42F4O2/c1-4-6-7-8-20-9-13-22(14-10-20)23-15-11-21(12-16-23)18-34-27-19(3)17-24(33-5-2)26(29)25(27)28(30,31)32/h17,20-23H,4-16,18H2,1-3H3. The average molecular weight is 487 g/mol. The fourth-order valence-electron chi connectivity index (χ4n) is 6.10. The maximum absolute atomic E-state index is 14.6. The number of rotatable bonds is 10. The van der Waals surface area contributed by atoms with Gasteiger partial charge in [0.1, 0.15) is 11.3 Å². The molecule has 0 radical (unpaired) electrons. The van der Waals surface area contributed by atoms with Crippen LogP contribution in [-0.2, 0) is 6.18 Å². The Hall–Kier alpha value is -1.46. The summed E-state index contributed by atoms with van der Waals surface area (Å²) >= 11 is 0. The van der Waals surface area contributed by atoms with Crippen LogP contribution in [0.15, 0.2) is 6.07 Å². The Balaban J connectivity index is 1.51. The minimum absolute atomic E-state index is 0.0949. The first kappa shape index (κ1) is 27.1. The normalized spacial score (nSPS) is 25.9. The molecule has 0 N–H and O–H groups in total. The van der Waals surface area contributed by atoms with Gasteiger partial charge in [-0.15, -0.1) is 0 Å². The Labute approximate surface area is 202 Å². The molecule has 1 aromatic rings. The zero-order chi connectivity index (χ0) is 24.7. The second-order valence-corrected chi connectivity index (χ2v) is 10.5. The van der Waals surface area contributed by atoms with Crippen LogP contribution in [0.1, 0.15) is 102 Å². The molecule has 34 heavy (non-hydrogen) atoms. The number of halogens is 4. The third-order valence-electron chi connectivity index (χ3n) is 8.08.